The Labute approximate surface area is 110 Å². The number of halogens is 1. The van der Waals surface area contributed by atoms with Crippen molar-refractivity contribution >= 4 is 18.0 Å². The maximum atomic E-state index is 13.2. The zero-order chi connectivity index (χ0) is 14.3. The second-order valence-corrected chi connectivity index (χ2v) is 4.30. The molecule has 0 fully saturated rings. The van der Waals surface area contributed by atoms with Gasteiger partial charge in [0.25, 0.3) is 0 Å². The molecule has 2 N–H and O–H groups in total. The zero-order valence-corrected chi connectivity index (χ0v) is 10.6. The molecule has 1 amide bonds. The first-order valence-corrected chi connectivity index (χ1v) is 5.91. The van der Waals surface area contributed by atoms with E-state index in [9.17, 15) is 14.0 Å². The third kappa shape index (κ3) is 5.81. The van der Waals surface area contributed by atoms with Crippen LogP contribution in [0.1, 0.15) is 18.9 Å². The van der Waals surface area contributed by atoms with Crippen LogP contribution in [0.3, 0.4) is 0 Å². The van der Waals surface area contributed by atoms with Crippen molar-refractivity contribution in [2.45, 2.75) is 13.3 Å². The summed E-state index contributed by atoms with van der Waals surface area (Å²) in [6, 6.07) is 6.12. The van der Waals surface area contributed by atoms with Crippen molar-refractivity contribution in [1.29, 1.82) is 0 Å². The Morgan fingerprint density at radius 3 is 2.74 bits per heavy atom. The number of carbonyl (C=O) groups is 2. The molecule has 0 saturated heterocycles. The fraction of sp³-hybridized carbons (Fsp3) is 0.286. The Kier molecular flexibility index (Phi) is 5.73. The van der Waals surface area contributed by atoms with Crippen LogP contribution in [-0.4, -0.2) is 23.5 Å². The molecule has 0 aliphatic carbocycles. The number of hydrogen-bond acceptors (Lipinski definition) is 2. The maximum absolute atomic E-state index is 13.2. The van der Waals surface area contributed by atoms with Crippen LogP contribution in [0, 0.1) is 11.7 Å². The smallest absolute Gasteiger partial charge is 0.303 e. The molecule has 19 heavy (non-hydrogen) atoms. The van der Waals surface area contributed by atoms with Crippen molar-refractivity contribution in [1.82, 2.24) is 5.32 Å². The summed E-state index contributed by atoms with van der Waals surface area (Å²) in [5.41, 5.74) is 0.330. The van der Waals surface area contributed by atoms with Crippen LogP contribution in [0.15, 0.2) is 30.3 Å². The topological polar surface area (TPSA) is 66.4 Å². The molecule has 0 saturated carbocycles. The molecule has 102 valence electrons. The molecule has 0 aliphatic rings. The monoisotopic (exact) mass is 265 g/mol. The number of amides is 1. The quantitative estimate of drug-likeness (QED) is 0.774. The lowest BCUT2D eigenvalue weighted by atomic mass is 10.1. The van der Waals surface area contributed by atoms with Crippen LogP contribution < -0.4 is 5.32 Å². The third-order valence-corrected chi connectivity index (χ3v) is 2.47. The number of carboxylic acid groups (broad SMARTS) is 1. The Balaban J connectivity index is 2.43. The summed E-state index contributed by atoms with van der Waals surface area (Å²) >= 11 is 0. The van der Waals surface area contributed by atoms with E-state index in [1.807, 2.05) is 0 Å². The second kappa shape index (κ2) is 7.31. The largest absolute Gasteiger partial charge is 0.481 e. The molecule has 0 spiro atoms. The summed E-state index contributed by atoms with van der Waals surface area (Å²) in [6.07, 6.45) is 2.61. The Hall–Kier alpha value is -2.17. The summed E-state index contributed by atoms with van der Waals surface area (Å²) in [4.78, 5) is 21.9. The van der Waals surface area contributed by atoms with E-state index >= 15 is 0 Å². The Morgan fingerprint density at radius 1 is 1.42 bits per heavy atom. The molecule has 1 rings (SSSR count). The first-order chi connectivity index (χ1) is 8.99. The average Bonchev–Trinajstić information content (AvgIpc) is 2.34. The van der Waals surface area contributed by atoms with Crippen LogP contribution in [0.25, 0.3) is 6.08 Å². The van der Waals surface area contributed by atoms with Gasteiger partial charge < -0.3 is 10.4 Å². The average molecular weight is 265 g/mol. The van der Waals surface area contributed by atoms with Crippen molar-refractivity contribution in [3.8, 4) is 0 Å². The summed E-state index contributed by atoms with van der Waals surface area (Å²) in [7, 11) is 0. The molecule has 4 nitrogen and oxygen atoms in total. The minimum absolute atomic E-state index is 0.00267. The van der Waals surface area contributed by atoms with E-state index in [0.717, 1.165) is 0 Å². The molecule has 1 aromatic carbocycles. The van der Waals surface area contributed by atoms with E-state index in [1.165, 1.54) is 18.2 Å². The minimum Gasteiger partial charge on any atom is -0.481 e. The van der Waals surface area contributed by atoms with Crippen LogP contribution in [0.2, 0.25) is 0 Å². The van der Waals surface area contributed by atoms with Crippen LogP contribution >= 0.6 is 0 Å². The number of carbonyl (C=O) groups excluding carboxylic acids is 1. The molecule has 0 radical (unpaired) electrons. The SMILES string of the molecule is CC(CNC(=O)/C=C/c1ccccc1F)CC(=O)O. The van der Waals surface area contributed by atoms with Gasteiger partial charge in [-0.15, -0.1) is 0 Å². The van der Waals surface area contributed by atoms with Gasteiger partial charge in [-0.05, 0) is 18.1 Å². The van der Waals surface area contributed by atoms with Gasteiger partial charge in [0.15, 0.2) is 0 Å². The lowest BCUT2D eigenvalue weighted by Crippen LogP contribution is -2.27. The first-order valence-electron chi connectivity index (χ1n) is 5.91. The van der Waals surface area contributed by atoms with Gasteiger partial charge in [-0.2, -0.15) is 0 Å². The van der Waals surface area contributed by atoms with Gasteiger partial charge in [0.1, 0.15) is 5.82 Å². The number of nitrogens with one attached hydrogen (secondary N) is 1. The van der Waals surface area contributed by atoms with Crippen LogP contribution in [0.5, 0.6) is 0 Å². The van der Waals surface area contributed by atoms with E-state index in [1.54, 1.807) is 25.1 Å². The fourth-order valence-corrected chi connectivity index (χ4v) is 1.48. The van der Waals surface area contributed by atoms with Gasteiger partial charge in [0.2, 0.25) is 5.91 Å². The van der Waals surface area contributed by atoms with Gasteiger partial charge in [-0.1, -0.05) is 25.1 Å². The van der Waals surface area contributed by atoms with E-state index in [4.69, 9.17) is 5.11 Å². The van der Waals surface area contributed by atoms with Crippen LogP contribution in [-0.2, 0) is 9.59 Å². The molecule has 0 aliphatic heterocycles. The highest BCUT2D eigenvalue weighted by atomic mass is 19.1. The summed E-state index contributed by atoms with van der Waals surface area (Å²) in [5.74, 6) is -1.82. The zero-order valence-electron chi connectivity index (χ0n) is 10.6. The van der Waals surface area contributed by atoms with Gasteiger partial charge in [-0.25, -0.2) is 4.39 Å². The predicted molar refractivity (Wildman–Crippen MR) is 69.9 cm³/mol. The highest BCUT2D eigenvalue weighted by Crippen LogP contribution is 2.07. The molecular weight excluding hydrogens is 249 g/mol. The third-order valence-electron chi connectivity index (χ3n) is 2.47. The standard InChI is InChI=1S/C14H16FNO3/c1-10(8-14(18)19)9-16-13(17)7-6-11-4-2-3-5-12(11)15/h2-7,10H,8-9H2,1H3,(H,16,17)(H,18,19)/b7-6+. The first kappa shape index (κ1) is 14.9. The molecule has 1 atom stereocenters. The van der Waals surface area contributed by atoms with Crippen LogP contribution in [0.4, 0.5) is 4.39 Å². The highest BCUT2D eigenvalue weighted by molar-refractivity contribution is 5.91. The van der Waals surface area contributed by atoms with Crippen molar-refractivity contribution in [2.24, 2.45) is 5.92 Å². The molecule has 0 aromatic heterocycles. The molecule has 1 unspecified atom stereocenters. The highest BCUT2D eigenvalue weighted by Gasteiger charge is 2.08. The molecule has 0 bridgehead atoms. The predicted octanol–water partition coefficient (Wildman–Crippen LogP) is 2.07. The Bertz CT molecular complexity index is 485. The van der Waals surface area contributed by atoms with E-state index < -0.39 is 11.8 Å². The number of benzene rings is 1. The summed E-state index contributed by atoms with van der Waals surface area (Å²) < 4.78 is 13.2. The molecule has 1 aromatic rings. The lowest BCUT2D eigenvalue weighted by Gasteiger charge is -2.08. The Morgan fingerprint density at radius 2 is 2.11 bits per heavy atom. The number of aliphatic carboxylic acids is 1. The van der Waals surface area contributed by atoms with Crippen molar-refractivity contribution in [3.63, 3.8) is 0 Å². The van der Waals surface area contributed by atoms with Crippen molar-refractivity contribution in [3.05, 3.63) is 41.7 Å². The number of hydrogen-bond donors (Lipinski definition) is 2. The van der Waals surface area contributed by atoms with E-state index in [2.05, 4.69) is 5.32 Å². The molecule has 0 heterocycles. The van der Waals surface area contributed by atoms with E-state index in [0.29, 0.717) is 5.56 Å². The van der Waals surface area contributed by atoms with E-state index in [-0.39, 0.29) is 24.8 Å². The van der Waals surface area contributed by atoms with Gasteiger partial charge in [0.05, 0.1) is 0 Å². The number of carboxylic acids is 1. The molecule has 5 heteroatoms. The fourth-order valence-electron chi connectivity index (χ4n) is 1.48. The normalized spacial score (nSPS) is 12.3. The molecular formula is C14H16FNO3. The second-order valence-electron chi connectivity index (χ2n) is 4.30. The maximum Gasteiger partial charge on any atom is 0.303 e. The van der Waals surface area contributed by atoms with Crippen molar-refractivity contribution in [2.75, 3.05) is 6.54 Å². The lowest BCUT2D eigenvalue weighted by molar-refractivity contribution is -0.138. The number of rotatable bonds is 6. The summed E-state index contributed by atoms with van der Waals surface area (Å²) in [6.45, 7) is 2.00. The van der Waals surface area contributed by atoms with Crippen molar-refractivity contribution < 1.29 is 19.1 Å². The van der Waals surface area contributed by atoms with Gasteiger partial charge >= 0.3 is 5.97 Å². The van der Waals surface area contributed by atoms with Gasteiger partial charge in [0, 0.05) is 24.6 Å². The van der Waals surface area contributed by atoms with Gasteiger partial charge in [-0.3, -0.25) is 9.59 Å². The minimum atomic E-state index is -0.899. The summed E-state index contributed by atoms with van der Waals surface area (Å²) in [5, 5.41) is 11.1.